The molecule has 2 rings (SSSR count). The lowest BCUT2D eigenvalue weighted by Gasteiger charge is -2.09. The van der Waals surface area contributed by atoms with Crippen LogP contribution >= 0.6 is 11.3 Å². The Bertz CT molecular complexity index is 531. The second kappa shape index (κ2) is 7.07. The first kappa shape index (κ1) is 16.0. The molecule has 0 saturated heterocycles. The predicted molar refractivity (Wildman–Crippen MR) is 86.8 cm³/mol. The minimum absolute atomic E-state index is 0.00620. The van der Waals surface area contributed by atoms with Crippen molar-refractivity contribution in [3.05, 3.63) is 16.0 Å². The van der Waals surface area contributed by atoms with Gasteiger partial charge in [-0.1, -0.05) is 32.6 Å². The number of anilines is 1. The Balaban J connectivity index is 2.01. The standard InChI is InChI=1S/C16H24N2O2S/c1-3-12-10(2)21-16(14(12)15(17)20)18-13(19)9-8-11-6-4-5-7-11/h11H,3-9H2,1-2H3,(H2,17,20)(H,18,19). The summed E-state index contributed by atoms with van der Waals surface area (Å²) in [7, 11) is 0. The Kier molecular flexibility index (Phi) is 5.39. The Morgan fingerprint density at radius 1 is 1.33 bits per heavy atom. The second-order valence-corrected chi connectivity index (χ2v) is 7.02. The van der Waals surface area contributed by atoms with E-state index in [0.29, 0.717) is 22.9 Å². The molecule has 1 aliphatic rings. The van der Waals surface area contributed by atoms with Gasteiger partial charge in [-0.15, -0.1) is 11.3 Å². The number of nitrogens with two attached hydrogens (primary N) is 1. The van der Waals surface area contributed by atoms with Crippen molar-refractivity contribution in [2.45, 2.75) is 58.8 Å². The smallest absolute Gasteiger partial charge is 0.251 e. The number of primary amides is 1. The van der Waals surface area contributed by atoms with E-state index >= 15 is 0 Å². The molecule has 1 heterocycles. The van der Waals surface area contributed by atoms with Gasteiger partial charge in [0.2, 0.25) is 5.91 Å². The molecule has 4 nitrogen and oxygen atoms in total. The molecular weight excluding hydrogens is 284 g/mol. The molecule has 0 spiro atoms. The molecule has 2 amide bonds. The van der Waals surface area contributed by atoms with Crippen LogP contribution < -0.4 is 11.1 Å². The van der Waals surface area contributed by atoms with Gasteiger partial charge in [0.1, 0.15) is 5.00 Å². The van der Waals surface area contributed by atoms with E-state index in [4.69, 9.17) is 5.73 Å². The zero-order valence-corrected chi connectivity index (χ0v) is 13.6. The highest BCUT2D eigenvalue weighted by atomic mass is 32.1. The molecule has 1 aromatic heterocycles. The topological polar surface area (TPSA) is 72.2 Å². The van der Waals surface area contributed by atoms with Gasteiger partial charge in [0.05, 0.1) is 5.56 Å². The van der Waals surface area contributed by atoms with Gasteiger partial charge >= 0.3 is 0 Å². The fraction of sp³-hybridized carbons (Fsp3) is 0.625. The molecule has 1 fully saturated rings. The third-order valence-electron chi connectivity index (χ3n) is 4.32. The highest BCUT2D eigenvalue weighted by Crippen LogP contribution is 2.34. The Morgan fingerprint density at radius 3 is 2.57 bits per heavy atom. The maximum atomic E-state index is 12.1. The van der Waals surface area contributed by atoms with Gasteiger partial charge in [-0.05, 0) is 31.2 Å². The number of hydrogen-bond acceptors (Lipinski definition) is 3. The third-order valence-corrected chi connectivity index (χ3v) is 5.38. The number of aryl methyl sites for hydroxylation is 1. The third kappa shape index (κ3) is 3.84. The van der Waals surface area contributed by atoms with E-state index in [1.54, 1.807) is 0 Å². The average Bonchev–Trinajstić information content (AvgIpc) is 3.03. The number of thiophene rings is 1. The minimum Gasteiger partial charge on any atom is -0.365 e. The van der Waals surface area contributed by atoms with Crippen molar-refractivity contribution in [1.29, 1.82) is 0 Å². The number of rotatable bonds is 6. The molecule has 116 valence electrons. The van der Waals surface area contributed by atoms with Crippen molar-refractivity contribution >= 4 is 28.2 Å². The fourth-order valence-electron chi connectivity index (χ4n) is 3.18. The monoisotopic (exact) mass is 308 g/mol. The molecule has 1 aliphatic carbocycles. The molecule has 0 unspecified atom stereocenters. The Labute approximate surface area is 130 Å². The van der Waals surface area contributed by atoms with E-state index in [0.717, 1.165) is 23.3 Å². The Hall–Kier alpha value is -1.36. The van der Waals surface area contributed by atoms with Crippen molar-refractivity contribution in [2.75, 3.05) is 5.32 Å². The fourth-order valence-corrected chi connectivity index (χ4v) is 4.34. The summed E-state index contributed by atoms with van der Waals surface area (Å²) in [5.41, 5.74) is 6.92. The molecule has 5 heteroatoms. The van der Waals surface area contributed by atoms with Crippen molar-refractivity contribution in [3.8, 4) is 0 Å². The van der Waals surface area contributed by atoms with Crippen LogP contribution in [0.3, 0.4) is 0 Å². The quantitative estimate of drug-likeness (QED) is 0.842. The first-order valence-corrected chi connectivity index (χ1v) is 8.56. The molecule has 0 atom stereocenters. The summed E-state index contributed by atoms with van der Waals surface area (Å²) in [4.78, 5) is 24.8. The largest absolute Gasteiger partial charge is 0.365 e. The van der Waals surface area contributed by atoms with Crippen molar-refractivity contribution in [3.63, 3.8) is 0 Å². The van der Waals surface area contributed by atoms with Crippen LogP contribution in [0.4, 0.5) is 5.00 Å². The van der Waals surface area contributed by atoms with Crippen LogP contribution in [0.25, 0.3) is 0 Å². The molecule has 0 aliphatic heterocycles. The van der Waals surface area contributed by atoms with E-state index in [9.17, 15) is 9.59 Å². The number of carbonyl (C=O) groups excluding carboxylic acids is 2. The second-order valence-electron chi connectivity index (χ2n) is 5.80. The van der Waals surface area contributed by atoms with E-state index in [1.165, 1.54) is 37.0 Å². The molecule has 21 heavy (non-hydrogen) atoms. The van der Waals surface area contributed by atoms with Crippen molar-refractivity contribution < 1.29 is 9.59 Å². The van der Waals surface area contributed by atoms with Gasteiger partial charge in [0, 0.05) is 11.3 Å². The van der Waals surface area contributed by atoms with E-state index in [1.807, 2.05) is 13.8 Å². The summed E-state index contributed by atoms with van der Waals surface area (Å²) in [6, 6.07) is 0. The van der Waals surface area contributed by atoms with E-state index in [-0.39, 0.29) is 5.91 Å². The number of carbonyl (C=O) groups is 2. The SMILES string of the molecule is CCc1c(C)sc(NC(=O)CCC2CCCC2)c1C(N)=O. The summed E-state index contributed by atoms with van der Waals surface area (Å²) in [5, 5.41) is 3.51. The molecule has 0 aromatic carbocycles. The van der Waals surface area contributed by atoms with Gasteiger partial charge < -0.3 is 11.1 Å². The summed E-state index contributed by atoms with van der Waals surface area (Å²) >= 11 is 1.45. The summed E-state index contributed by atoms with van der Waals surface area (Å²) in [5.74, 6) is 0.234. The highest BCUT2D eigenvalue weighted by Gasteiger charge is 2.21. The van der Waals surface area contributed by atoms with Gasteiger partial charge in [0.25, 0.3) is 5.91 Å². The van der Waals surface area contributed by atoms with Gasteiger partial charge in [-0.25, -0.2) is 0 Å². The maximum Gasteiger partial charge on any atom is 0.251 e. The highest BCUT2D eigenvalue weighted by molar-refractivity contribution is 7.16. The van der Waals surface area contributed by atoms with Gasteiger partial charge in [0.15, 0.2) is 0 Å². The normalized spacial score (nSPS) is 15.3. The van der Waals surface area contributed by atoms with Crippen molar-refractivity contribution in [1.82, 2.24) is 0 Å². The Morgan fingerprint density at radius 2 is 2.00 bits per heavy atom. The number of hydrogen-bond donors (Lipinski definition) is 2. The lowest BCUT2D eigenvalue weighted by atomic mass is 10.0. The van der Waals surface area contributed by atoms with Gasteiger partial charge in [-0.2, -0.15) is 0 Å². The molecular formula is C16H24N2O2S. The first-order chi connectivity index (χ1) is 10.0. The van der Waals surface area contributed by atoms with Gasteiger partial charge in [-0.3, -0.25) is 9.59 Å². The lowest BCUT2D eigenvalue weighted by molar-refractivity contribution is -0.116. The lowest BCUT2D eigenvalue weighted by Crippen LogP contribution is -2.18. The number of amides is 2. The van der Waals surface area contributed by atoms with Crippen LogP contribution in [0, 0.1) is 12.8 Å². The number of nitrogens with one attached hydrogen (secondary N) is 1. The van der Waals surface area contributed by atoms with E-state index in [2.05, 4.69) is 5.32 Å². The predicted octanol–water partition coefficient (Wildman–Crippen LogP) is 3.63. The van der Waals surface area contributed by atoms with Crippen LogP contribution in [0.5, 0.6) is 0 Å². The molecule has 0 radical (unpaired) electrons. The summed E-state index contributed by atoms with van der Waals surface area (Å²) < 4.78 is 0. The van der Waals surface area contributed by atoms with Crippen molar-refractivity contribution in [2.24, 2.45) is 11.7 Å². The molecule has 1 aromatic rings. The summed E-state index contributed by atoms with van der Waals surface area (Å²) in [6.45, 7) is 3.96. The average molecular weight is 308 g/mol. The first-order valence-electron chi connectivity index (χ1n) is 7.74. The van der Waals surface area contributed by atoms with Crippen LogP contribution in [0.2, 0.25) is 0 Å². The molecule has 0 bridgehead atoms. The minimum atomic E-state index is -0.456. The zero-order valence-electron chi connectivity index (χ0n) is 12.8. The van der Waals surface area contributed by atoms with Crippen LogP contribution in [0.15, 0.2) is 0 Å². The maximum absolute atomic E-state index is 12.1. The molecule has 3 N–H and O–H groups in total. The van der Waals surface area contributed by atoms with E-state index < -0.39 is 5.91 Å². The van der Waals surface area contributed by atoms with Crippen LogP contribution in [0.1, 0.15) is 66.2 Å². The van der Waals surface area contributed by atoms with Crippen LogP contribution in [-0.4, -0.2) is 11.8 Å². The molecule has 1 saturated carbocycles. The van der Waals surface area contributed by atoms with Crippen LogP contribution in [-0.2, 0) is 11.2 Å². The zero-order chi connectivity index (χ0) is 15.4. The summed E-state index contributed by atoms with van der Waals surface area (Å²) in [6.07, 6.45) is 7.31.